The maximum absolute atomic E-state index is 5.54. The molecule has 0 spiro atoms. The molecule has 88 valence electrons. The fourth-order valence-electron chi connectivity index (χ4n) is 2.45. The van der Waals surface area contributed by atoms with Crippen LogP contribution in [-0.4, -0.2) is 29.8 Å². The smallest absolute Gasteiger partial charge is 0.231 e. The van der Waals surface area contributed by atoms with Crippen molar-refractivity contribution in [2.24, 2.45) is 5.92 Å². The maximum atomic E-state index is 5.54. The summed E-state index contributed by atoms with van der Waals surface area (Å²) in [4.78, 5) is 4.48. The number of ether oxygens (including phenoxy) is 1. The Kier molecular flexibility index (Phi) is 2.65. The van der Waals surface area contributed by atoms with Crippen LogP contribution in [0.2, 0.25) is 0 Å². The zero-order valence-electron chi connectivity index (χ0n) is 9.48. The van der Waals surface area contributed by atoms with E-state index in [1.807, 2.05) is 0 Å². The number of nitrogens with one attached hydrogen (secondary N) is 1. The molecule has 1 N–H and O–H groups in total. The van der Waals surface area contributed by atoms with Gasteiger partial charge >= 0.3 is 0 Å². The third-order valence-corrected chi connectivity index (χ3v) is 3.51. The van der Waals surface area contributed by atoms with E-state index in [0.29, 0.717) is 11.8 Å². The highest BCUT2D eigenvalue weighted by atomic mass is 16.5. The van der Waals surface area contributed by atoms with Gasteiger partial charge in [0.2, 0.25) is 11.7 Å². The molecular formula is C11H17N3O2. The van der Waals surface area contributed by atoms with Crippen LogP contribution in [0, 0.1) is 5.92 Å². The third-order valence-electron chi connectivity index (χ3n) is 3.51. The monoisotopic (exact) mass is 223 g/mol. The molecule has 0 aromatic carbocycles. The van der Waals surface area contributed by atoms with Crippen LogP contribution in [0.5, 0.6) is 0 Å². The minimum Gasteiger partial charge on any atom is -0.370 e. The van der Waals surface area contributed by atoms with Gasteiger partial charge in [-0.25, -0.2) is 0 Å². The van der Waals surface area contributed by atoms with Crippen molar-refractivity contribution in [2.75, 3.05) is 19.7 Å². The minimum atomic E-state index is 0.0576. The molecule has 0 aliphatic carbocycles. The summed E-state index contributed by atoms with van der Waals surface area (Å²) in [5.74, 6) is 2.43. The number of rotatable bonds is 2. The molecule has 0 radical (unpaired) electrons. The Morgan fingerprint density at radius 2 is 2.31 bits per heavy atom. The van der Waals surface area contributed by atoms with Crippen molar-refractivity contribution in [1.82, 2.24) is 15.5 Å². The van der Waals surface area contributed by atoms with Crippen molar-refractivity contribution in [2.45, 2.75) is 31.8 Å². The van der Waals surface area contributed by atoms with Gasteiger partial charge in [-0.2, -0.15) is 4.98 Å². The first kappa shape index (κ1) is 10.2. The molecule has 16 heavy (non-hydrogen) atoms. The van der Waals surface area contributed by atoms with Gasteiger partial charge in [0.05, 0.1) is 5.92 Å². The lowest BCUT2D eigenvalue weighted by Gasteiger charge is -2.07. The summed E-state index contributed by atoms with van der Waals surface area (Å²) < 4.78 is 10.9. The second-order valence-corrected chi connectivity index (χ2v) is 4.73. The van der Waals surface area contributed by atoms with Gasteiger partial charge in [-0.05, 0) is 25.3 Å². The summed E-state index contributed by atoms with van der Waals surface area (Å²) in [5.41, 5.74) is 0. The van der Waals surface area contributed by atoms with Gasteiger partial charge in [0.15, 0.2) is 0 Å². The van der Waals surface area contributed by atoms with Gasteiger partial charge in [-0.1, -0.05) is 12.1 Å². The second-order valence-electron chi connectivity index (χ2n) is 4.73. The first-order valence-corrected chi connectivity index (χ1v) is 6.00. The lowest BCUT2D eigenvalue weighted by Crippen LogP contribution is -2.08. The SMILES string of the molecule is C[C@@H]1CNC[C@H]1c1nc(C2CCCO2)no1. The van der Waals surface area contributed by atoms with Gasteiger partial charge in [-0.15, -0.1) is 0 Å². The highest BCUT2D eigenvalue weighted by Crippen LogP contribution is 2.30. The molecule has 0 saturated carbocycles. The highest BCUT2D eigenvalue weighted by Gasteiger charge is 2.31. The molecular weight excluding hydrogens is 206 g/mol. The summed E-state index contributed by atoms with van der Waals surface area (Å²) in [7, 11) is 0. The average Bonchev–Trinajstić information content (AvgIpc) is 2.96. The van der Waals surface area contributed by atoms with Crippen molar-refractivity contribution < 1.29 is 9.26 Å². The lowest BCUT2D eigenvalue weighted by atomic mass is 9.98. The van der Waals surface area contributed by atoms with Crippen molar-refractivity contribution in [3.05, 3.63) is 11.7 Å². The standard InChI is InChI=1S/C11H17N3O2/c1-7-5-12-6-8(7)11-13-10(14-16-11)9-3-2-4-15-9/h7-9,12H,2-6H2,1H3/t7-,8-,9?/m1/s1. The summed E-state index contributed by atoms with van der Waals surface area (Å²) >= 11 is 0. The van der Waals surface area contributed by atoms with Crippen LogP contribution in [0.3, 0.4) is 0 Å². The first-order chi connectivity index (χ1) is 7.84. The molecule has 5 heteroatoms. The zero-order valence-corrected chi connectivity index (χ0v) is 9.48. The summed E-state index contributed by atoms with van der Waals surface area (Å²) in [6.07, 6.45) is 2.16. The summed E-state index contributed by atoms with van der Waals surface area (Å²) in [6.45, 7) is 4.99. The van der Waals surface area contributed by atoms with Crippen molar-refractivity contribution in [1.29, 1.82) is 0 Å². The minimum absolute atomic E-state index is 0.0576. The molecule has 1 aromatic rings. The molecule has 0 bridgehead atoms. The predicted molar refractivity (Wildman–Crippen MR) is 57.0 cm³/mol. The third kappa shape index (κ3) is 1.74. The first-order valence-electron chi connectivity index (χ1n) is 6.00. The molecule has 2 saturated heterocycles. The largest absolute Gasteiger partial charge is 0.370 e. The number of hydrogen-bond acceptors (Lipinski definition) is 5. The van der Waals surface area contributed by atoms with Gasteiger partial charge in [-0.3, -0.25) is 0 Å². The van der Waals surface area contributed by atoms with E-state index in [1.54, 1.807) is 0 Å². The maximum Gasteiger partial charge on any atom is 0.231 e. The van der Waals surface area contributed by atoms with E-state index in [1.165, 1.54) is 0 Å². The van der Waals surface area contributed by atoms with E-state index in [9.17, 15) is 0 Å². The van der Waals surface area contributed by atoms with Crippen LogP contribution in [0.25, 0.3) is 0 Å². The summed E-state index contributed by atoms with van der Waals surface area (Å²) in [6, 6.07) is 0. The Labute approximate surface area is 94.6 Å². The van der Waals surface area contributed by atoms with E-state index in [2.05, 4.69) is 22.4 Å². The number of aromatic nitrogens is 2. The zero-order chi connectivity index (χ0) is 11.0. The van der Waals surface area contributed by atoms with E-state index >= 15 is 0 Å². The van der Waals surface area contributed by atoms with Crippen LogP contribution in [0.1, 0.15) is 43.5 Å². The van der Waals surface area contributed by atoms with Crippen molar-refractivity contribution in [3.8, 4) is 0 Å². The van der Waals surface area contributed by atoms with E-state index in [-0.39, 0.29) is 6.10 Å². The van der Waals surface area contributed by atoms with E-state index in [4.69, 9.17) is 9.26 Å². The molecule has 3 rings (SSSR count). The van der Waals surface area contributed by atoms with Gasteiger partial charge in [0.1, 0.15) is 6.10 Å². The molecule has 1 aromatic heterocycles. The van der Waals surface area contributed by atoms with Gasteiger partial charge < -0.3 is 14.6 Å². The molecule has 2 aliphatic heterocycles. The molecule has 1 unspecified atom stereocenters. The summed E-state index contributed by atoms with van der Waals surface area (Å²) in [5, 5.41) is 7.38. The van der Waals surface area contributed by atoms with Gasteiger partial charge in [0.25, 0.3) is 0 Å². The van der Waals surface area contributed by atoms with Crippen molar-refractivity contribution >= 4 is 0 Å². The van der Waals surface area contributed by atoms with Crippen LogP contribution in [0.15, 0.2) is 4.52 Å². The lowest BCUT2D eigenvalue weighted by molar-refractivity contribution is 0.103. The van der Waals surface area contributed by atoms with Crippen molar-refractivity contribution in [3.63, 3.8) is 0 Å². The molecule has 2 fully saturated rings. The Morgan fingerprint density at radius 1 is 1.38 bits per heavy atom. The quantitative estimate of drug-likeness (QED) is 0.817. The number of nitrogens with zero attached hydrogens (tertiary/aromatic N) is 2. The van der Waals surface area contributed by atoms with Crippen LogP contribution >= 0.6 is 0 Å². The fraction of sp³-hybridized carbons (Fsp3) is 0.818. The Balaban J connectivity index is 1.76. The molecule has 3 heterocycles. The Morgan fingerprint density at radius 3 is 3.00 bits per heavy atom. The molecule has 5 nitrogen and oxygen atoms in total. The Hall–Kier alpha value is -0.940. The normalized spacial score (nSPS) is 34.7. The second kappa shape index (κ2) is 4.14. The molecule has 3 atom stereocenters. The topological polar surface area (TPSA) is 60.2 Å². The highest BCUT2D eigenvalue weighted by molar-refractivity contribution is 5.02. The van der Waals surface area contributed by atoms with E-state index in [0.717, 1.165) is 44.3 Å². The predicted octanol–water partition coefficient (Wildman–Crippen LogP) is 1.24. The van der Waals surface area contributed by atoms with E-state index < -0.39 is 0 Å². The average molecular weight is 223 g/mol. The Bertz CT molecular complexity index is 360. The fourth-order valence-corrected chi connectivity index (χ4v) is 2.45. The molecule has 0 amide bonds. The van der Waals surface area contributed by atoms with Crippen LogP contribution in [0.4, 0.5) is 0 Å². The molecule has 2 aliphatic rings. The van der Waals surface area contributed by atoms with Crippen LogP contribution < -0.4 is 5.32 Å². The number of hydrogen-bond donors (Lipinski definition) is 1. The van der Waals surface area contributed by atoms with Crippen LogP contribution in [-0.2, 0) is 4.74 Å². The van der Waals surface area contributed by atoms with Gasteiger partial charge in [0, 0.05) is 13.2 Å².